The Morgan fingerprint density at radius 2 is 1.73 bits per heavy atom. The lowest BCUT2D eigenvalue weighted by Crippen LogP contribution is -2.16. The minimum atomic E-state index is -4.80. The summed E-state index contributed by atoms with van der Waals surface area (Å²) in [5.41, 5.74) is -1.01. The second-order valence-electron chi connectivity index (χ2n) is 9.02. The van der Waals surface area contributed by atoms with Gasteiger partial charge in [0.1, 0.15) is 16.4 Å². The van der Waals surface area contributed by atoms with Crippen LogP contribution >= 0.6 is 23.2 Å². The molecule has 3 aromatic carbocycles. The molecule has 0 unspecified atom stereocenters. The number of aromatic nitrogens is 5. The first-order valence-corrected chi connectivity index (χ1v) is 12.8. The number of hydrogen-bond donors (Lipinski definition) is 1. The average molecular weight is 599 g/mol. The van der Waals surface area contributed by atoms with E-state index < -0.39 is 23.6 Å². The van der Waals surface area contributed by atoms with Gasteiger partial charge < -0.3 is 5.32 Å². The summed E-state index contributed by atoms with van der Waals surface area (Å²) in [5.74, 6) is -1.48. The van der Waals surface area contributed by atoms with Crippen LogP contribution in [0.3, 0.4) is 0 Å². The van der Waals surface area contributed by atoms with E-state index >= 15 is 0 Å². The molecule has 13 heteroatoms. The van der Waals surface area contributed by atoms with Crippen LogP contribution in [-0.4, -0.2) is 30.3 Å². The zero-order chi connectivity index (χ0) is 28.9. The van der Waals surface area contributed by atoms with Gasteiger partial charge in [-0.25, -0.2) is 13.9 Å². The fourth-order valence-corrected chi connectivity index (χ4v) is 4.92. The summed E-state index contributed by atoms with van der Waals surface area (Å²) in [6.45, 7) is -0.0807. The molecule has 0 saturated carbocycles. The SMILES string of the molecule is O=C(Nc1nn(Cc2c(F)cccc2Cl)cc1Cl)c1cnn2c(C(F)(F)F)cc(-c3cccc4ccccc34)nc12. The van der Waals surface area contributed by atoms with Crippen LogP contribution in [-0.2, 0) is 12.7 Å². The molecule has 0 bridgehead atoms. The molecular formula is C28H16Cl2F4N6O. The van der Waals surface area contributed by atoms with E-state index in [4.69, 9.17) is 23.2 Å². The number of benzene rings is 3. The van der Waals surface area contributed by atoms with E-state index in [0.29, 0.717) is 15.5 Å². The van der Waals surface area contributed by atoms with E-state index in [1.807, 2.05) is 18.2 Å². The average Bonchev–Trinajstić information content (AvgIpc) is 3.52. The fourth-order valence-electron chi connectivity index (χ4n) is 4.49. The van der Waals surface area contributed by atoms with E-state index in [9.17, 15) is 22.4 Å². The summed E-state index contributed by atoms with van der Waals surface area (Å²) in [6, 6.07) is 17.5. The van der Waals surface area contributed by atoms with Gasteiger partial charge in [-0.05, 0) is 29.0 Å². The Hall–Kier alpha value is -4.48. The number of nitrogens with one attached hydrogen (secondary N) is 1. The quantitative estimate of drug-likeness (QED) is 0.208. The standard InChI is InChI=1S/C28H16Cl2F4N6O/c29-20-9-4-10-22(31)19(20)13-39-14-21(30)25(38-39)37-27(41)18-12-35-40-24(28(32,33)34)11-23(36-26(18)40)17-8-3-6-15-5-1-2-7-16(15)17/h1-12,14H,13H2,(H,37,38,41). The molecule has 41 heavy (non-hydrogen) atoms. The number of rotatable bonds is 5. The van der Waals surface area contributed by atoms with Crippen molar-refractivity contribution in [1.82, 2.24) is 24.4 Å². The predicted octanol–water partition coefficient (Wildman–Crippen LogP) is 7.51. The maximum atomic E-state index is 14.2. The predicted molar refractivity (Wildman–Crippen MR) is 147 cm³/mol. The number of alkyl halides is 3. The minimum Gasteiger partial charge on any atom is -0.304 e. The molecule has 0 aliphatic carbocycles. The largest absolute Gasteiger partial charge is 0.433 e. The van der Waals surface area contributed by atoms with Gasteiger partial charge in [-0.15, -0.1) is 0 Å². The lowest BCUT2D eigenvalue weighted by molar-refractivity contribution is -0.142. The van der Waals surface area contributed by atoms with Crippen molar-refractivity contribution in [3.05, 3.63) is 112 Å². The summed E-state index contributed by atoms with van der Waals surface area (Å²) in [5, 5.41) is 12.2. The molecule has 1 N–H and O–H groups in total. The molecule has 7 nitrogen and oxygen atoms in total. The van der Waals surface area contributed by atoms with Crippen LogP contribution in [0.4, 0.5) is 23.4 Å². The maximum Gasteiger partial charge on any atom is 0.433 e. The first-order chi connectivity index (χ1) is 19.6. The van der Waals surface area contributed by atoms with Crippen LogP contribution in [0.15, 0.2) is 79.1 Å². The third-order valence-electron chi connectivity index (χ3n) is 6.40. The highest BCUT2D eigenvalue weighted by Gasteiger charge is 2.36. The third-order valence-corrected chi connectivity index (χ3v) is 7.03. The van der Waals surface area contributed by atoms with E-state index in [1.165, 1.54) is 29.1 Å². The summed E-state index contributed by atoms with van der Waals surface area (Å²) in [7, 11) is 0. The molecule has 0 saturated heterocycles. The zero-order valence-electron chi connectivity index (χ0n) is 20.6. The molecule has 0 aliphatic rings. The molecule has 0 aliphatic heterocycles. The van der Waals surface area contributed by atoms with Gasteiger partial charge in [0.25, 0.3) is 5.91 Å². The van der Waals surface area contributed by atoms with Gasteiger partial charge in [0, 0.05) is 22.3 Å². The highest BCUT2D eigenvalue weighted by Crippen LogP contribution is 2.35. The van der Waals surface area contributed by atoms with Gasteiger partial charge in [-0.1, -0.05) is 71.7 Å². The Morgan fingerprint density at radius 1 is 0.976 bits per heavy atom. The summed E-state index contributed by atoms with van der Waals surface area (Å²) < 4.78 is 58.4. The Balaban J connectivity index is 1.39. The Kier molecular flexibility index (Phi) is 6.63. The topological polar surface area (TPSA) is 77.1 Å². The smallest absolute Gasteiger partial charge is 0.304 e. The molecular weight excluding hydrogens is 583 g/mol. The van der Waals surface area contributed by atoms with Gasteiger partial charge in [0.15, 0.2) is 17.2 Å². The number of hydrogen-bond acceptors (Lipinski definition) is 4. The van der Waals surface area contributed by atoms with Crippen molar-refractivity contribution in [2.45, 2.75) is 12.7 Å². The van der Waals surface area contributed by atoms with Crippen LogP contribution in [0.1, 0.15) is 21.6 Å². The highest BCUT2D eigenvalue weighted by molar-refractivity contribution is 6.33. The first-order valence-electron chi connectivity index (χ1n) is 12.0. The van der Waals surface area contributed by atoms with Crippen LogP contribution in [0, 0.1) is 5.82 Å². The molecule has 6 aromatic rings. The zero-order valence-corrected chi connectivity index (χ0v) is 22.1. The molecule has 0 atom stereocenters. The summed E-state index contributed by atoms with van der Waals surface area (Å²) in [6.07, 6.45) is -2.45. The van der Waals surface area contributed by atoms with Crippen molar-refractivity contribution < 1.29 is 22.4 Å². The van der Waals surface area contributed by atoms with Gasteiger partial charge >= 0.3 is 6.18 Å². The summed E-state index contributed by atoms with van der Waals surface area (Å²) in [4.78, 5) is 17.7. The first kappa shape index (κ1) is 26.7. The normalized spacial score (nSPS) is 11.9. The number of fused-ring (bicyclic) bond motifs is 2. The molecule has 6 rings (SSSR count). The van der Waals surface area contributed by atoms with E-state index in [-0.39, 0.29) is 44.9 Å². The number of carbonyl (C=O) groups is 1. The third kappa shape index (κ3) is 4.98. The number of nitrogens with zero attached hydrogens (tertiary/aromatic N) is 5. The lowest BCUT2D eigenvalue weighted by Gasteiger charge is -2.13. The van der Waals surface area contributed by atoms with E-state index in [0.717, 1.165) is 17.6 Å². The van der Waals surface area contributed by atoms with Gasteiger partial charge in [0.2, 0.25) is 0 Å². The van der Waals surface area contributed by atoms with E-state index in [1.54, 1.807) is 24.3 Å². The molecule has 206 valence electrons. The Labute approximate surface area is 238 Å². The molecule has 0 radical (unpaired) electrons. The van der Waals surface area contributed by atoms with Crippen LogP contribution in [0.5, 0.6) is 0 Å². The van der Waals surface area contributed by atoms with Crippen LogP contribution in [0.25, 0.3) is 27.7 Å². The minimum absolute atomic E-state index is 0.0141. The van der Waals surface area contributed by atoms with Crippen molar-refractivity contribution >= 4 is 51.3 Å². The van der Waals surface area contributed by atoms with Crippen molar-refractivity contribution in [1.29, 1.82) is 0 Å². The number of amides is 1. The van der Waals surface area contributed by atoms with Crippen molar-refractivity contribution in [3.8, 4) is 11.3 Å². The Morgan fingerprint density at radius 3 is 2.51 bits per heavy atom. The Bertz CT molecular complexity index is 1940. The highest BCUT2D eigenvalue weighted by atomic mass is 35.5. The summed E-state index contributed by atoms with van der Waals surface area (Å²) >= 11 is 12.3. The van der Waals surface area contributed by atoms with Gasteiger partial charge in [-0.2, -0.15) is 23.4 Å². The molecule has 3 aromatic heterocycles. The van der Waals surface area contributed by atoms with Crippen LogP contribution in [0.2, 0.25) is 10.0 Å². The molecule has 3 heterocycles. The van der Waals surface area contributed by atoms with Crippen molar-refractivity contribution in [2.75, 3.05) is 5.32 Å². The number of carbonyl (C=O) groups excluding carboxylic acids is 1. The second-order valence-corrected chi connectivity index (χ2v) is 9.84. The second kappa shape index (κ2) is 10.2. The number of anilines is 1. The van der Waals surface area contributed by atoms with Gasteiger partial charge in [-0.3, -0.25) is 9.48 Å². The number of halogens is 6. The van der Waals surface area contributed by atoms with Crippen molar-refractivity contribution in [2.24, 2.45) is 0 Å². The molecule has 0 fully saturated rings. The molecule has 1 amide bonds. The van der Waals surface area contributed by atoms with E-state index in [2.05, 4.69) is 20.5 Å². The van der Waals surface area contributed by atoms with Crippen molar-refractivity contribution in [3.63, 3.8) is 0 Å². The maximum absolute atomic E-state index is 14.2. The lowest BCUT2D eigenvalue weighted by atomic mass is 10.0. The van der Waals surface area contributed by atoms with Crippen LogP contribution < -0.4 is 5.32 Å². The fraction of sp³-hybridized carbons (Fsp3) is 0.0714. The monoisotopic (exact) mass is 598 g/mol. The molecule has 0 spiro atoms. The van der Waals surface area contributed by atoms with Gasteiger partial charge in [0.05, 0.1) is 18.4 Å².